The Hall–Kier alpha value is -5.28. The minimum atomic E-state index is -1.33. The maximum absolute atomic E-state index is 12.8. The summed E-state index contributed by atoms with van der Waals surface area (Å²) in [5.41, 5.74) is 1.20. The lowest BCUT2D eigenvalue weighted by Gasteiger charge is -2.33. The van der Waals surface area contributed by atoms with Gasteiger partial charge >= 0.3 is 11.9 Å². The molecule has 0 heterocycles. The van der Waals surface area contributed by atoms with Crippen LogP contribution in [-0.2, 0) is 22.4 Å². The molecule has 0 fully saturated rings. The summed E-state index contributed by atoms with van der Waals surface area (Å²) in [7, 11) is 0.678. The van der Waals surface area contributed by atoms with Crippen molar-refractivity contribution in [2.24, 2.45) is 10.8 Å². The molecule has 0 radical (unpaired) electrons. The zero-order valence-corrected chi connectivity index (χ0v) is 34.5. The van der Waals surface area contributed by atoms with Crippen molar-refractivity contribution in [3.63, 3.8) is 0 Å². The molecule has 0 bridgehead atoms. The molecule has 2 N–H and O–H groups in total. The minimum absolute atomic E-state index is 0.253. The first-order valence-electron chi connectivity index (χ1n) is 18.6. The molecule has 0 spiro atoms. The van der Waals surface area contributed by atoms with Crippen LogP contribution in [0, 0.1) is 10.8 Å². The van der Waals surface area contributed by atoms with Crippen molar-refractivity contribution in [1.29, 1.82) is 0 Å². The molecule has 0 aliphatic carbocycles. The van der Waals surface area contributed by atoms with Gasteiger partial charge in [0.25, 0.3) is 0 Å². The van der Waals surface area contributed by atoms with Crippen molar-refractivity contribution in [3.05, 3.63) is 157 Å². The molecule has 8 heteroatoms. The zero-order chi connectivity index (χ0) is 40.0. The van der Waals surface area contributed by atoms with Gasteiger partial charge in [-0.05, 0) is 111 Å². The Bertz CT molecular complexity index is 2050. The van der Waals surface area contributed by atoms with E-state index < -0.39 is 38.6 Å². The monoisotopic (exact) mass is 782 g/mol. The van der Waals surface area contributed by atoms with Gasteiger partial charge in [-0.2, -0.15) is 0 Å². The Morgan fingerprint density at radius 3 is 0.964 bits per heavy atom. The van der Waals surface area contributed by atoms with E-state index in [1.807, 2.05) is 97.1 Å². The second-order valence-electron chi connectivity index (χ2n) is 15.0. The van der Waals surface area contributed by atoms with Gasteiger partial charge in [0, 0.05) is 11.1 Å². The maximum atomic E-state index is 12.8. The highest BCUT2D eigenvalue weighted by Gasteiger charge is 2.37. The summed E-state index contributed by atoms with van der Waals surface area (Å²) < 4.78 is 12.7. The first kappa shape index (κ1) is 40.4. The van der Waals surface area contributed by atoms with Crippen molar-refractivity contribution < 1.29 is 29.3 Å². The molecule has 0 saturated heterocycles. The van der Waals surface area contributed by atoms with E-state index in [1.165, 1.54) is 0 Å². The molecular weight excluding hydrogens is 734 g/mol. The third kappa shape index (κ3) is 8.43. The molecule has 0 aliphatic heterocycles. The summed E-state index contributed by atoms with van der Waals surface area (Å²) in [5, 5.41) is 27.3. The van der Waals surface area contributed by atoms with Gasteiger partial charge in [0.1, 0.15) is 11.5 Å². The number of carboxylic acid groups (broad SMARTS) is 2. The molecule has 56 heavy (non-hydrogen) atoms. The molecule has 6 rings (SSSR count). The molecular formula is C48H48O6P2. The predicted octanol–water partition coefficient (Wildman–Crippen LogP) is 8.19. The third-order valence-corrected chi connectivity index (χ3v) is 15.2. The number of carboxylic acids is 2. The number of methoxy groups -OCH3 is 2. The summed E-state index contributed by atoms with van der Waals surface area (Å²) >= 11 is 0. The number of rotatable bonds is 15. The van der Waals surface area contributed by atoms with E-state index in [9.17, 15) is 19.8 Å². The van der Waals surface area contributed by atoms with Crippen LogP contribution < -0.4 is 41.3 Å². The largest absolute Gasteiger partial charge is 0.496 e. The van der Waals surface area contributed by atoms with Crippen LogP contribution in [0.4, 0.5) is 0 Å². The average molecular weight is 783 g/mol. The zero-order valence-electron chi connectivity index (χ0n) is 32.7. The van der Waals surface area contributed by atoms with E-state index >= 15 is 0 Å². The quantitative estimate of drug-likeness (QED) is 0.102. The van der Waals surface area contributed by atoms with Crippen LogP contribution in [0.5, 0.6) is 11.5 Å². The van der Waals surface area contributed by atoms with Crippen LogP contribution in [0.3, 0.4) is 0 Å². The number of benzene rings is 6. The van der Waals surface area contributed by atoms with Crippen molar-refractivity contribution >= 4 is 59.6 Å². The standard InChI is InChI=1S/C48H48O6P2/c1-47(2,45(49)50)31-33-27-29-39(53-5)41(43(33)55(35-19-11-7-12-20-35)36-21-13-8-14-22-36)42-40(54-6)30-28-34(32-48(3,4)46(51)52)44(42)56(37-23-15-9-16-24-37)38-25-17-10-18-26-38/h7-30H,31-32H2,1-6H3,(H,49,50)(H,51,52). The number of hydrogen-bond donors (Lipinski definition) is 2. The molecule has 286 valence electrons. The smallest absolute Gasteiger partial charge is 0.309 e. The SMILES string of the molecule is COc1ccc(CC(C)(C)C(=O)O)c(P(c2ccccc2)c2ccccc2)c1-c1c(OC)ccc(CC(C)(C)C(=O)O)c1P(c1ccccc1)c1ccccc1. The van der Waals surface area contributed by atoms with Gasteiger partial charge in [-0.15, -0.1) is 0 Å². The molecule has 0 amide bonds. The van der Waals surface area contributed by atoms with E-state index in [0.717, 1.165) is 54.1 Å². The fourth-order valence-electron chi connectivity index (χ4n) is 7.08. The molecule has 0 aliphatic rings. The summed E-state index contributed by atoms with van der Waals surface area (Å²) in [5.74, 6) is -0.558. The van der Waals surface area contributed by atoms with Gasteiger partial charge in [0.05, 0.1) is 25.0 Å². The Labute approximate surface area is 332 Å². The lowest BCUT2D eigenvalue weighted by atomic mass is 9.83. The molecule has 6 aromatic rings. The van der Waals surface area contributed by atoms with Crippen LogP contribution in [-0.4, -0.2) is 36.4 Å². The normalized spacial score (nSPS) is 11.8. The van der Waals surface area contributed by atoms with E-state index in [1.54, 1.807) is 41.9 Å². The Morgan fingerprint density at radius 2 is 0.732 bits per heavy atom. The second kappa shape index (κ2) is 17.2. The van der Waals surface area contributed by atoms with E-state index in [0.29, 0.717) is 11.5 Å². The lowest BCUT2D eigenvalue weighted by Crippen LogP contribution is -2.34. The molecule has 0 atom stereocenters. The van der Waals surface area contributed by atoms with E-state index in [-0.39, 0.29) is 12.8 Å². The van der Waals surface area contributed by atoms with Gasteiger partial charge in [0.2, 0.25) is 0 Å². The fourth-order valence-corrected chi connectivity index (χ4v) is 12.4. The summed E-state index contributed by atoms with van der Waals surface area (Å²) in [6, 6.07) is 49.4. The predicted molar refractivity (Wildman–Crippen MR) is 233 cm³/mol. The molecule has 0 unspecified atom stereocenters. The van der Waals surface area contributed by atoms with Crippen molar-refractivity contribution in [2.45, 2.75) is 40.5 Å². The highest BCUT2D eigenvalue weighted by atomic mass is 31.1. The highest BCUT2D eigenvalue weighted by Crippen LogP contribution is 2.49. The van der Waals surface area contributed by atoms with Gasteiger partial charge in [-0.1, -0.05) is 133 Å². The number of ether oxygens (including phenoxy) is 2. The topological polar surface area (TPSA) is 93.1 Å². The summed E-state index contributed by atoms with van der Waals surface area (Å²) in [4.78, 5) is 25.7. The van der Waals surface area contributed by atoms with Crippen LogP contribution >= 0.6 is 15.8 Å². The summed E-state index contributed by atoms with van der Waals surface area (Å²) in [6.07, 6.45) is 0.505. The number of hydrogen-bond acceptors (Lipinski definition) is 4. The van der Waals surface area contributed by atoms with Crippen LogP contribution in [0.15, 0.2) is 146 Å². The van der Waals surface area contributed by atoms with Gasteiger partial charge in [0.15, 0.2) is 0 Å². The first-order chi connectivity index (χ1) is 26.9. The molecule has 6 nitrogen and oxygen atoms in total. The number of carbonyl (C=O) groups is 2. The van der Waals surface area contributed by atoms with Crippen LogP contribution in [0.25, 0.3) is 11.1 Å². The minimum Gasteiger partial charge on any atom is -0.496 e. The van der Waals surface area contributed by atoms with Crippen LogP contribution in [0.2, 0.25) is 0 Å². The molecule has 0 saturated carbocycles. The Kier molecular flexibility index (Phi) is 12.4. The fraction of sp³-hybridized carbons (Fsp3) is 0.208. The lowest BCUT2D eigenvalue weighted by molar-refractivity contribution is -0.147. The highest BCUT2D eigenvalue weighted by molar-refractivity contribution is 7.81. The van der Waals surface area contributed by atoms with Crippen molar-refractivity contribution in [1.82, 2.24) is 0 Å². The Balaban J connectivity index is 1.86. The molecule has 6 aromatic carbocycles. The second-order valence-corrected chi connectivity index (χ2v) is 19.3. The van der Waals surface area contributed by atoms with E-state index in [2.05, 4.69) is 48.5 Å². The van der Waals surface area contributed by atoms with Gasteiger partial charge in [-0.3, -0.25) is 9.59 Å². The average Bonchev–Trinajstić information content (AvgIpc) is 3.20. The molecule has 0 aromatic heterocycles. The number of aliphatic carboxylic acids is 2. The first-order valence-corrected chi connectivity index (χ1v) is 21.2. The Morgan fingerprint density at radius 1 is 0.464 bits per heavy atom. The van der Waals surface area contributed by atoms with Gasteiger partial charge < -0.3 is 19.7 Å². The van der Waals surface area contributed by atoms with Gasteiger partial charge in [-0.25, -0.2) is 0 Å². The maximum Gasteiger partial charge on any atom is 0.309 e. The van der Waals surface area contributed by atoms with Crippen LogP contribution in [0.1, 0.15) is 38.8 Å². The summed E-state index contributed by atoms with van der Waals surface area (Å²) in [6.45, 7) is 7.06. The van der Waals surface area contributed by atoms with Crippen molar-refractivity contribution in [3.8, 4) is 22.6 Å². The third-order valence-electron chi connectivity index (χ3n) is 10.1. The van der Waals surface area contributed by atoms with Crippen molar-refractivity contribution in [2.75, 3.05) is 14.2 Å². The van der Waals surface area contributed by atoms with E-state index in [4.69, 9.17) is 9.47 Å².